The molecule has 0 unspecified atom stereocenters. The third-order valence-corrected chi connectivity index (χ3v) is 3.70. The number of benzene rings is 1. The van der Waals surface area contributed by atoms with Gasteiger partial charge in [-0.3, -0.25) is 19.7 Å². The summed E-state index contributed by atoms with van der Waals surface area (Å²) in [4.78, 5) is 36.8. The topological polar surface area (TPSA) is 136 Å². The molecule has 134 valence electrons. The van der Waals surface area contributed by atoms with E-state index in [1.54, 1.807) is 12.1 Å². The average molecular weight is 357 g/mol. The van der Waals surface area contributed by atoms with Gasteiger partial charge in [0.15, 0.2) is 11.2 Å². The van der Waals surface area contributed by atoms with Crippen molar-refractivity contribution in [2.75, 3.05) is 5.32 Å². The molecule has 1 aliphatic rings. The zero-order valence-electron chi connectivity index (χ0n) is 13.8. The van der Waals surface area contributed by atoms with Gasteiger partial charge in [0.05, 0.1) is 5.39 Å². The molecule has 1 aromatic carbocycles. The minimum Gasteiger partial charge on any atom is -0.483 e. The van der Waals surface area contributed by atoms with E-state index >= 15 is 0 Å². The molecule has 4 rings (SSSR count). The van der Waals surface area contributed by atoms with E-state index in [0.29, 0.717) is 22.8 Å². The molecular formula is C17H15N3O6. The molecule has 26 heavy (non-hydrogen) atoms. The van der Waals surface area contributed by atoms with Gasteiger partial charge in [0.25, 0.3) is 18.3 Å². The normalized spacial score (nSPS) is 13.0. The van der Waals surface area contributed by atoms with Crippen LogP contribution in [0.25, 0.3) is 11.0 Å². The largest absolute Gasteiger partial charge is 0.483 e. The Hall–Kier alpha value is -3.49. The first-order valence-electron chi connectivity index (χ1n) is 7.79. The van der Waals surface area contributed by atoms with Crippen LogP contribution in [0, 0.1) is 6.92 Å². The minimum absolute atomic E-state index is 0.0730. The molecule has 1 fully saturated rings. The van der Waals surface area contributed by atoms with Crippen molar-refractivity contribution in [1.29, 1.82) is 0 Å². The van der Waals surface area contributed by atoms with Gasteiger partial charge in [-0.2, -0.15) is 4.98 Å². The lowest BCUT2D eigenvalue weighted by atomic mass is 10.1. The fraction of sp³-hybridized carbons (Fsp3) is 0.235. The second-order valence-electron chi connectivity index (χ2n) is 5.76. The van der Waals surface area contributed by atoms with Gasteiger partial charge in [-0.15, -0.1) is 0 Å². The summed E-state index contributed by atoms with van der Waals surface area (Å²) in [5, 5.41) is 13.5. The Morgan fingerprint density at radius 1 is 1.35 bits per heavy atom. The van der Waals surface area contributed by atoms with Crippen LogP contribution in [0.4, 0.5) is 5.95 Å². The summed E-state index contributed by atoms with van der Waals surface area (Å²) in [5.74, 6) is 0.217. The Bertz CT molecular complexity index is 1020. The predicted octanol–water partition coefficient (Wildman–Crippen LogP) is 2.31. The van der Waals surface area contributed by atoms with Gasteiger partial charge in [0.2, 0.25) is 5.89 Å². The molecule has 0 aliphatic heterocycles. The molecule has 3 aromatic rings. The van der Waals surface area contributed by atoms with Crippen LogP contribution in [0.5, 0.6) is 0 Å². The highest BCUT2D eigenvalue weighted by atomic mass is 16.5. The van der Waals surface area contributed by atoms with E-state index in [1.807, 2.05) is 13.0 Å². The SMILES string of the molecule is Cc1ccc2c(=O)cc(C(=O)Nc3noc(C4CC4)n3)oc2c1.O=CO. The molecule has 0 spiro atoms. The van der Waals surface area contributed by atoms with Crippen LogP contribution in [0.1, 0.15) is 40.8 Å². The van der Waals surface area contributed by atoms with E-state index in [2.05, 4.69) is 15.5 Å². The molecule has 0 saturated heterocycles. The average Bonchev–Trinajstić information content (AvgIpc) is 3.35. The highest BCUT2D eigenvalue weighted by molar-refractivity contribution is 6.01. The first-order chi connectivity index (χ1) is 12.5. The lowest BCUT2D eigenvalue weighted by Gasteiger charge is -2.03. The van der Waals surface area contributed by atoms with Crippen LogP contribution in [-0.2, 0) is 4.79 Å². The number of hydrogen-bond acceptors (Lipinski definition) is 7. The van der Waals surface area contributed by atoms with Crippen molar-refractivity contribution in [1.82, 2.24) is 10.1 Å². The van der Waals surface area contributed by atoms with E-state index in [1.165, 1.54) is 0 Å². The van der Waals surface area contributed by atoms with Crippen LogP contribution in [0.2, 0.25) is 0 Å². The number of nitrogens with zero attached hydrogens (tertiary/aromatic N) is 2. The molecule has 1 saturated carbocycles. The molecule has 1 aliphatic carbocycles. The van der Waals surface area contributed by atoms with Crippen LogP contribution in [0.3, 0.4) is 0 Å². The molecule has 2 aromatic heterocycles. The fourth-order valence-electron chi connectivity index (χ4n) is 2.32. The molecule has 0 radical (unpaired) electrons. The second-order valence-corrected chi connectivity index (χ2v) is 5.76. The summed E-state index contributed by atoms with van der Waals surface area (Å²) in [6.07, 6.45) is 2.04. The second kappa shape index (κ2) is 7.18. The number of hydrogen-bond donors (Lipinski definition) is 2. The van der Waals surface area contributed by atoms with E-state index < -0.39 is 5.91 Å². The monoisotopic (exact) mass is 357 g/mol. The molecule has 0 atom stereocenters. The summed E-state index contributed by atoms with van der Waals surface area (Å²) < 4.78 is 10.6. The van der Waals surface area contributed by atoms with Gasteiger partial charge in [-0.1, -0.05) is 6.07 Å². The van der Waals surface area contributed by atoms with E-state index in [9.17, 15) is 9.59 Å². The number of rotatable bonds is 3. The molecule has 2 heterocycles. The summed E-state index contributed by atoms with van der Waals surface area (Å²) in [6.45, 7) is 1.63. The lowest BCUT2D eigenvalue weighted by Crippen LogP contribution is -2.15. The number of aromatic nitrogens is 2. The number of carbonyl (C=O) groups excluding carboxylic acids is 1. The minimum atomic E-state index is -0.589. The Morgan fingerprint density at radius 2 is 2.08 bits per heavy atom. The Labute approximate surface area is 146 Å². The Morgan fingerprint density at radius 3 is 2.77 bits per heavy atom. The number of anilines is 1. The zero-order valence-corrected chi connectivity index (χ0v) is 13.8. The number of nitrogens with one attached hydrogen (secondary N) is 1. The Kier molecular flexibility index (Phi) is 4.78. The molecular weight excluding hydrogens is 342 g/mol. The van der Waals surface area contributed by atoms with Crippen molar-refractivity contribution in [2.24, 2.45) is 0 Å². The summed E-state index contributed by atoms with van der Waals surface area (Å²) in [6, 6.07) is 6.37. The predicted molar refractivity (Wildman–Crippen MR) is 90.1 cm³/mol. The van der Waals surface area contributed by atoms with E-state index in [4.69, 9.17) is 18.8 Å². The van der Waals surface area contributed by atoms with Gasteiger partial charge in [0, 0.05) is 12.0 Å². The smallest absolute Gasteiger partial charge is 0.293 e. The quantitative estimate of drug-likeness (QED) is 0.682. The molecule has 9 nitrogen and oxygen atoms in total. The van der Waals surface area contributed by atoms with Crippen molar-refractivity contribution in [3.05, 3.63) is 51.7 Å². The summed E-state index contributed by atoms with van der Waals surface area (Å²) in [5.41, 5.74) is 1.03. The summed E-state index contributed by atoms with van der Waals surface area (Å²) in [7, 11) is 0. The van der Waals surface area contributed by atoms with E-state index in [-0.39, 0.29) is 23.6 Å². The number of carboxylic acid groups (broad SMARTS) is 1. The van der Waals surface area contributed by atoms with Crippen LogP contribution in [0.15, 0.2) is 38.0 Å². The van der Waals surface area contributed by atoms with Gasteiger partial charge in [0.1, 0.15) is 5.58 Å². The molecule has 9 heteroatoms. The third-order valence-electron chi connectivity index (χ3n) is 3.70. The van der Waals surface area contributed by atoms with Gasteiger partial charge < -0.3 is 14.0 Å². The molecule has 0 bridgehead atoms. The standard InChI is InChI=1S/C16H13N3O4.CH2O2/c1-8-2-5-10-11(20)7-13(22-12(10)6-8)14(21)17-16-18-15(23-19-16)9-3-4-9;2-1-3/h2,5-7,9H,3-4H2,1H3,(H,17,19,21);1H,(H,2,3). The zero-order chi connectivity index (χ0) is 18.7. The van der Waals surface area contributed by atoms with Crippen molar-refractivity contribution in [3.63, 3.8) is 0 Å². The number of carbonyl (C=O) groups is 2. The maximum atomic E-state index is 12.2. The number of fused-ring (bicyclic) bond motifs is 1. The highest BCUT2D eigenvalue weighted by Gasteiger charge is 2.30. The van der Waals surface area contributed by atoms with Gasteiger partial charge >= 0.3 is 0 Å². The van der Waals surface area contributed by atoms with Crippen LogP contribution >= 0.6 is 0 Å². The van der Waals surface area contributed by atoms with Crippen molar-refractivity contribution >= 4 is 29.3 Å². The van der Waals surface area contributed by atoms with Crippen molar-refractivity contribution < 1.29 is 23.6 Å². The Balaban J connectivity index is 0.000000613. The molecule has 1 amide bonds. The van der Waals surface area contributed by atoms with E-state index in [0.717, 1.165) is 24.5 Å². The van der Waals surface area contributed by atoms with Crippen molar-refractivity contribution in [3.8, 4) is 0 Å². The summed E-state index contributed by atoms with van der Waals surface area (Å²) >= 11 is 0. The lowest BCUT2D eigenvalue weighted by molar-refractivity contribution is -0.122. The highest BCUT2D eigenvalue weighted by Crippen LogP contribution is 2.39. The van der Waals surface area contributed by atoms with Gasteiger partial charge in [-0.05, 0) is 42.6 Å². The number of aryl methyl sites for hydroxylation is 1. The number of amides is 1. The molecule has 2 N–H and O–H groups in total. The van der Waals surface area contributed by atoms with Crippen LogP contribution < -0.4 is 10.7 Å². The fourth-order valence-corrected chi connectivity index (χ4v) is 2.32. The third kappa shape index (κ3) is 3.77. The van der Waals surface area contributed by atoms with Gasteiger partial charge in [-0.25, -0.2) is 0 Å². The maximum absolute atomic E-state index is 12.2. The van der Waals surface area contributed by atoms with Crippen molar-refractivity contribution in [2.45, 2.75) is 25.7 Å². The first kappa shape index (κ1) is 17.3. The van der Waals surface area contributed by atoms with Crippen LogP contribution in [-0.4, -0.2) is 27.6 Å². The first-order valence-corrected chi connectivity index (χ1v) is 7.79. The maximum Gasteiger partial charge on any atom is 0.293 e.